The maximum atomic E-state index is 12.4. The first-order valence-electron chi connectivity index (χ1n) is 6.14. The van der Waals surface area contributed by atoms with Crippen LogP contribution in [0.1, 0.15) is 31.6 Å². The van der Waals surface area contributed by atoms with Crippen molar-refractivity contribution in [2.45, 2.75) is 37.4 Å². The lowest BCUT2D eigenvalue weighted by Crippen LogP contribution is -2.40. The Morgan fingerprint density at radius 3 is 2.44 bits per heavy atom. The van der Waals surface area contributed by atoms with Gasteiger partial charge in [0.15, 0.2) is 0 Å². The predicted octanol–water partition coefficient (Wildman–Crippen LogP) is 2.02. The highest BCUT2D eigenvalue weighted by molar-refractivity contribution is 7.91. The summed E-state index contributed by atoms with van der Waals surface area (Å²) in [6, 6.07) is 3.47. The minimum absolute atomic E-state index is 0.254. The summed E-state index contributed by atoms with van der Waals surface area (Å²) >= 11 is 1.28. The van der Waals surface area contributed by atoms with Crippen molar-refractivity contribution in [1.29, 1.82) is 0 Å². The molecule has 0 unspecified atom stereocenters. The Labute approximate surface area is 113 Å². The molecular formula is C12H20N2O2S2. The number of nitrogens with two attached hydrogens (primary N) is 1. The fourth-order valence-electron chi connectivity index (χ4n) is 2.07. The number of thiophene rings is 1. The summed E-state index contributed by atoms with van der Waals surface area (Å²) in [5.41, 5.74) is 5.78. The van der Waals surface area contributed by atoms with Crippen LogP contribution in [0.2, 0.25) is 0 Å². The van der Waals surface area contributed by atoms with Gasteiger partial charge in [0, 0.05) is 24.5 Å². The van der Waals surface area contributed by atoms with E-state index in [1.807, 2.05) is 0 Å². The predicted molar refractivity (Wildman–Crippen MR) is 74.0 cm³/mol. The van der Waals surface area contributed by atoms with Crippen LogP contribution in [0.25, 0.3) is 0 Å². The van der Waals surface area contributed by atoms with Crippen LogP contribution in [0.4, 0.5) is 0 Å². The molecule has 102 valence electrons. The van der Waals surface area contributed by atoms with Crippen molar-refractivity contribution in [1.82, 2.24) is 4.31 Å². The van der Waals surface area contributed by atoms with Gasteiger partial charge >= 0.3 is 0 Å². The minimum atomic E-state index is -3.31. The smallest absolute Gasteiger partial charge is 0.252 e. The quantitative estimate of drug-likeness (QED) is 0.925. The molecule has 1 aromatic heterocycles. The zero-order chi connectivity index (χ0) is 13.4. The number of sulfonamides is 1. The normalized spacial score (nSPS) is 21.1. The molecule has 0 radical (unpaired) electrons. The Bertz CT molecular complexity index is 510. The number of hydrogen-bond donors (Lipinski definition) is 1. The molecule has 0 atom stereocenters. The fraction of sp³-hybridized carbons (Fsp3) is 0.667. The first-order chi connectivity index (χ1) is 8.35. The van der Waals surface area contributed by atoms with Gasteiger partial charge in [0.1, 0.15) is 4.21 Å². The number of piperidine rings is 1. The van der Waals surface area contributed by atoms with Gasteiger partial charge in [-0.05, 0) is 30.4 Å². The molecule has 0 amide bonds. The van der Waals surface area contributed by atoms with Crippen molar-refractivity contribution in [3.8, 4) is 0 Å². The zero-order valence-corrected chi connectivity index (χ0v) is 12.5. The summed E-state index contributed by atoms with van der Waals surface area (Å²) in [6.07, 6.45) is 1.84. The van der Waals surface area contributed by atoms with Crippen molar-refractivity contribution in [3.05, 3.63) is 17.0 Å². The average Bonchev–Trinajstić information content (AvgIpc) is 2.77. The van der Waals surface area contributed by atoms with Crippen LogP contribution < -0.4 is 5.73 Å². The lowest BCUT2D eigenvalue weighted by molar-refractivity contribution is 0.196. The van der Waals surface area contributed by atoms with Gasteiger partial charge in [0.2, 0.25) is 0 Å². The van der Waals surface area contributed by atoms with E-state index in [0.29, 0.717) is 23.8 Å². The van der Waals surface area contributed by atoms with Gasteiger partial charge in [-0.15, -0.1) is 11.3 Å². The van der Waals surface area contributed by atoms with E-state index in [-0.39, 0.29) is 5.41 Å². The average molecular weight is 288 g/mol. The molecule has 1 fully saturated rings. The van der Waals surface area contributed by atoms with Gasteiger partial charge in [-0.25, -0.2) is 8.42 Å². The topological polar surface area (TPSA) is 63.4 Å². The largest absolute Gasteiger partial charge is 0.326 e. The van der Waals surface area contributed by atoms with Gasteiger partial charge in [0.25, 0.3) is 10.0 Å². The lowest BCUT2D eigenvalue weighted by Gasteiger charge is -2.35. The van der Waals surface area contributed by atoms with Crippen LogP contribution in [-0.2, 0) is 16.6 Å². The number of nitrogens with zero attached hydrogens (tertiary/aromatic N) is 1. The molecule has 2 heterocycles. The molecule has 1 aliphatic heterocycles. The molecule has 2 rings (SSSR count). The Kier molecular flexibility index (Phi) is 3.82. The Hall–Kier alpha value is -0.430. The van der Waals surface area contributed by atoms with Crippen LogP contribution in [0.15, 0.2) is 16.3 Å². The Morgan fingerprint density at radius 1 is 1.33 bits per heavy atom. The van der Waals surface area contributed by atoms with Gasteiger partial charge < -0.3 is 5.73 Å². The third-order valence-corrected chi connectivity index (χ3v) is 6.98. The molecule has 0 saturated carbocycles. The SMILES string of the molecule is CC1(C)CCN(S(=O)(=O)c2ccc(CN)s2)CC1. The molecule has 1 aliphatic rings. The maximum Gasteiger partial charge on any atom is 0.252 e. The molecule has 6 heteroatoms. The van der Waals surface area contributed by atoms with Crippen molar-refractivity contribution in [3.63, 3.8) is 0 Å². The second kappa shape index (κ2) is 4.92. The van der Waals surface area contributed by atoms with Crippen LogP contribution in [0, 0.1) is 5.41 Å². The van der Waals surface area contributed by atoms with Gasteiger partial charge in [0.05, 0.1) is 0 Å². The number of hydrogen-bond acceptors (Lipinski definition) is 4. The highest BCUT2D eigenvalue weighted by Gasteiger charge is 2.33. The third kappa shape index (κ3) is 2.77. The Balaban J connectivity index is 2.17. The van der Waals surface area contributed by atoms with Crippen LogP contribution in [0.3, 0.4) is 0 Å². The van der Waals surface area contributed by atoms with E-state index in [1.54, 1.807) is 16.4 Å². The summed E-state index contributed by atoms with van der Waals surface area (Å²) in [4.78, 5) is 0.908. The van der Waals surface area contributed by atoms with E-state index in [9.17, 15) is 8.42 Å². The van der Waals surface area contributed by atoms with E-state index >= 15 is 0 Å². The van der Waals surface area contributed by atoms with E-state index in [4.69, 9.17) is 5.73 Å². The molecule has 0 bridgehead atoms. The minimum Gasteiger partial charge on any atom is -0.326 e. The molecule has 4 nitrogen and oxygen atoms in total. The molecule has 0 spiro atoms. The highest BCUT2D eigenvalue weighted by Crippen LogP contribution is 2.33. The third-order valence-electron chi connectivity index (χ3n) is 3.51. The summed E-state index contributed by atoms with van der Waals surface area (Å²) in [5, 5.41) is 0. The van der Waals surface area contributed by atoms with Gasteiger partial charge in [-0.2, -0.15) is 4.31 Å². The molecule has 0 aromatic carbocycles. The fourth-order valence-corrected chi connectivity index (χ4v) is 4.90. The van der Waals surface area contributed by atoms with Gasteiger partial charge in [-0.3, -0.25) is 0 Å². The van der Waals surface area contributed by atoms with E-state index in [2.05, 4.69) is 13.8 Å². The molecule has 0 aliphatic carbocycles. The first kappa shape index (κ1) is 14.0. The summed E-state index contributed by atoms with van der Waals surface area (Å²) < 4.78 is 26.9. The second-order valence-corrected chi connectivity index (χ2v) is 8.83. The summed E-state index contributed by atoms with van der Waals surface area (Å²) in [6.45, 7) is 6.01. The van der Waals surface area contributed by atoms with Crippen LogP contribution in [0.5, 0.6) is 0 Å². The van der Waals surface area contributed by atoms with E-state index < -0.39 is 10.0 Å². The van der Waals surface area contributed by atoms with Crippen molar-refractivity contribution in [2.75, 3.05) is 13.1 Å². The Morgan fingerprint density at radius 2 is 1.94 bits per heavy atom. The molecule has 2 N–H and O–H groups in total. The van der Waals surface area contributed by atoms with Crippen molar-refractivity contribution < 1.29 is 8.42 Å². The molecule has 1 aromatic rings. The zero-order valence-electron chi connectivity index (χ0n) is 10.8. The lowest BCUT2D eigenvalue weighted by atomic mass is 9.83. The molecule has 1 saturated heterocycles. The first-order valence-corrected chi connectivity index (χ1v) is 8.40. The molecule has 18 heavy (non-hydrogen) atoms. The van der Waals surface area contributed by atoms with Crippen molar-refractivity contribution in [2.24, 2.45) is 11.1 Å². The van der Waals surface area contributed by atoms with E-state index in [0.717, 1.165) is 17.7 Å². The van der Waals surface area contributed by atoms with Gasteiger partial charge in [-0.1, -0.05) is 13.8 Å². The summed E-state index contributed by atoms with van der Waals surface area (Å²) in [7, 11) is -3.31. The van der Waals surface area contributed by atoms with Crippen LogP contribution >= 0.6 is 11.3 Å². The maximum absolute atomic E-state index is 12.4. The number of rotatable bonds is 3. The summed E-state index contributed by atoms with van der Waals surface area (Å²) in [5.74, 6) is 0. The van der Waals surface area contributed by atoms with Crippen molar-refractivity contribution >= 4 is 21.4 Å². The highest BCUT2D eigenvalue weighted by atomic mass is 32.2. The van der Waals surface area contributed by atoms with Crippen LogP contribution in [-0.4, -0.2) is 25.8 Å². The standard InChI is InChI=1S/C12H20N2O2S2/c1-12(2)5-7-14(8-6-12)18(15,16)11-4-3-10(9-13)17-11/h3-4H,5-9,13H2,1-2H3. The monoisotopic (exact) mass is 288 g/mol. The van der Waals surface area contributed by atoms with E-state index in [1.165, 1.54) is 11.3 Å². The molecular weight excluding hydrogens is 268 g/mol. The second-order valence-electron chi connectivity index (χ2n) is 5.49.